The normalized spacial score (nSPS) is 11.7. The number of ether oxygens (including phenoxy) is 1. The third-order valence-electron chi connectivity index (χ3n) is 3.06. The third kappa shape index (κ3) is 4.91. The topological polar surface area (TPSA) is 38.3 Å². The maximum Gasteiger partial charge on any atom is 0.310 e. The molecule has 0 aliphatic heterocycles. The SMILES string of the molecule is CC(CNc1cccc(F)c1)C(=O)OCc1ccccc1. The van der Waals surface area contributed by atoms with E-state index in [4.69, 9.17) is 4.74 Å². The van der Waals surface area contributed by atoms with Crippen molar-refractivity contribution in [3.63, 3.8) is 0 Å². The summed E-state index contributed by atoms with van der Waals surface area (Å²) in [6.07, 6.45) is 0. The maximum absolute atomic E-state index is 13.0. The minimum absolute atomic E-state index is 0.268. The molecule has 4 heteroatoms. The van der Waals surface area contributed by atoms with Gasteiger partial charge in [-0.1, -0.05) is 43.3 Å². The van der Waals surface area contributed by atoms with Gasteiger partial charge >= 0.3 is 5.97 Å². The van der Waals surface area contributed by atoms with Crippen molar-refractivity contribution in [2.75, 3.05) is 11.9 Å². The molecule has 0 radical (unpaired) electrons. The summed E-state index contributed by atoms with van der Waals surface area (Å²) >= 11 is 0. The van der Waals surface area contributed by atoms with E-state index >= 15 is 0 Å². The Morgan fingerprint density at radius 3 is 2.67 bits per heavy atom. The van der Waals surface area contributed by atoms with Gasteiger partial charge in [-0.05, 0) is 23.8 Å². The van der Waals surface area contributed by atoms with Gasteiger partial charge in [0.2, 0.25) is 0 Å². The van der Waals surface area contributed by atoms with E-state index in [0.717, 1.165) is 5.56 Å². The Kier molecular flexibility index (Phi) is 5.32. The van der Waals surface area contributed by atoms with Crippen LogP contribution in [0.1, 0.15) is 12.5 Å². The number of rotatable bonds is 6. The van der Waals surface area contributed by atoms with Crippen LogP contribution in [0.4, 0.5) is 10.1 Å². The molecule has 0 amide bonds. The number of hydrogen-bond donors (Lipinski definition) is 1. The fourth-order valence-electron chi connectivity index (χ4n) is 1.82. The molecular weight excluding hydrogens is 269 g/mol. The first-order valence-electron chi connectivity index (χ1n) is 6.85. The highest BCUT2D eigenvalue weighted by atomic mass is 19.1. The van der Waals surface area contributed by atoms with Crippen LogP contribution in [-0.4, -0.2) is 12.5 Å². The molecule has 0 aliphatic rings. The van der Waals surface area contributed by atoms with Crippen LogP contribution in [0.5, 0.6) is 0 Å². The second kappa shape index (κ2) is 7.43. The van der Waals surface area contributed by atoms with Gasteiger partial charge in [-0.2, -0.15) is 0 Å². The highest BCUT2D eigenvalue weighted by Gasteiger charge is 2.14. The minimum atomic E-state index is -0.308. The number of carbonyl (C=O) groups excluding carboxylic acids is 1. The fraction of sp³-hybridized carbons (Fsp3) is 0.235. The predicted octanol–water partition coefficient (Wildman–Crippen LogP) is 3.62. The molecule has 1 atom stereocenters. The first kappa shape index (κ1) is 15.0. The Labute approximate surface area is 123 Å². The zero-order valence-corrected chi connectivity index (χ0v) is 11.9. The van der Waals surface area contributed by atoms with Crippen LogP contribution in [0.15, 0.2) is 54.6 Å². The van der Waals surface area contributed by atoms with Gasteiger partial charge in [-0.15, -0.1) is 0 Å². The third-order valence-corrected chi connectivity index (χ3v) is 3.06. The van der Waals surface area contributed by atoms with E-state index in [1.54, 1.807) is 19.1 Å². The zero-order chi connectivity index (χ0) is 15.1. The Morgan fingerprint density at radius 2 is 1.95 bits per heavy atom. The quantitative estimate of drug-likeness (QED) is 0.825. The van der Waals surface area contributed by atoms with Crippen molar-refractivity contribution in [2.24, 2.45) is 5.92 Å². The van der Waals surface area contributed by atoms with Crippen molar-refractivity contribution in [3.8, 4) is 0 Å². The molecule has 21 heavy (non-hydrogen) atoms. The monoisotopic (exact) mass is 287 g/mol. The summed E-state index contributed by atoms with van der Waals surface area (Å²) in [5, 5.41) is 3.02. The number of carbonyl (C=O) groups is 1. The first-order valence-corrected chi connectivity index (χ1v) is 6.85. The van der Waals surface area contributed by atoms with Crippen molar-refractivity contribution in [2.45, 2.75) is 13.5 Å². The minimum Gasteiger partial charge on any atom is -0.461 e. The summed E-state index contributed by atoms with van der Waals surface area (Å²) in [6.45, 7) is 2.45. The molecule has 0 heterocycles. The Hall–Kier alpha value is -2.36. The number of esters is 1. The van der Waals surface area contributed by atoms with Crippen LogP contribution in [-0.2, 0) is 16.1 Å². The molecule has 110 valence electrons. The van der Waals surface area contributed by atoms with E-state index < -0.39 is 0 Å². The highest BCUT2D eigenvalue weighted by Crippen LogP contribution is 2.11. The van der Waals surface area contributed by atoms with Crippen LogP contribution >= 0.6 is 0 Å². The van der Waals surface area contributed by atoms with E-state index in [1.807, 2.05) is 30.3 Å². The van der Waals surface area contributed by atoms with Crippen molar-refractivity contribution < 1.29 is 13.9 Å². The average molecular weight is 287 g/mol. The molecule has 0 spiro atoms. The second-order valence-corrected chi connectivity index (χ2v) is 4.89. The van der Waals surface area contributed by atoms with Crippen molar-refractivity contribution in [1.82, 2.24) is 0 Å². The van der Waals surface area contributed by atoms with E-state index in [2.05, 4.69) is 5.32 Å². The van der Waals surface area contributed by atoms with Crippen LogP contribution < -0.4 is 5.32 Å². The number of hydrogen-bond acceptors (Lipinski definition) is 3. The van der Waals surface area contributed by atoms with E-state index in [0.29, 0.717) is 12.2 Å². The molecule has 1 unspecified atom stereocenters. The molecular formula is C17H18FNO2. The predicted molar refractivity (Wildman–Crippen MR) is 80.3 cm³/mol. The summed E-state index contributed by atoms with van der Waals surface area (Å²) in [5.74, 6) is -0.890. The summed E-state index contributed by atoms with van der Waals surface area (Å²) in [5.41, 5.74) is 1.61. The van der Waals surface area contributed by atoms with Gasteiger partial charge in [0.1, 0.15) is 12.4 Å². The number of halogens is 1. The Balaban J connectivity index is 1.77. The summed E-state index contributed by atoms with van der Waals surface area (Å²) < 4.78 is 18.3. The van der Waals surface area contributed by atoms with Crippen molar-refractivity contribution >= 4 is 11.7 Å². The molecule has 0 bridgehead atoms. The van der Waals surface area contributed by atoms with Crippen molar-refractivity contribution in [3.05, 3.63) is 66.0 Å². The summed E-state index contributed by atoms with van der Waals surface area (Å²) in [6, 6.07) is 15.7. The van der Waals surface area contributed by atoms with E-state index in [1.165, 1.54) is 12.1 Å². The molecule has 0 fully saturated rings. The standard InChI is InChI=1S/C17H18FNO2/c1-13(11-19-16-9-5-8-15(18)10-16)17(20)21-12-14-6-3-2-4-7-14/h2-10,13,19H,11-12H2,1H3. The largest absolute Gasteiger partial charge is 0.461 e. The van der Waals surface area contributed by atoms with Crippen LogP contribution in [0.3, 0.4) is 0 Å². The lowest BCUT2D eigenvalue weighted by atomic mass is 10.2. The van der Waals surface area contributed by atoms with Gasteiger partial charge in [0.15, 0.2) is 0 Å². The van der Waals surface area contributed by atoms with Gasteiger partial charge in [-0.3, -0.25) is 4.79 Å². The Bertz CT molecular complexity index is 586. The van der Waals surface area contributed by atoms with Crippen LogP contribution in [0.25, 0.3) is 0 Å². The lowest BCUT2D eigenvalue weighted by Crippen LogP contribution is -2.22. The molecule has 2 aromatic carbocycles. The molecule has 2 rings (SSSR count). The molecule has 0 aromatic heterocycles. The lowest BCUT2D eigenvalue weighted by Gasteiger charge is -2.13. The smallest absolute Gasteiger partial charge is 0.310 e. The van der Waals surface area contributed by atoms with Gasteiger partial charge < -0.3 is 10.1 Å². The number of nitrogens with one attached hydrogen (secondary N) is 1. The zero-order valence-electron chi connectivity index (χ0n) is 11.9. The summed E-state index contributed by atoms with van der Waals surface area (Å²) in [4.78, 5) is 11.9. The van der Waals surface area contributed by atoms with Gasteiger partial charge in [0.25, 0.3) is 0 Å². The van der Waals surface area contributed by atoms with Gasteiger partial charge in [-0.25, -0.2) is 4.39 Å². The maximum atomic E-state index is 13.0. The molecule has 1 N–H and O–H groups in total. The van der Waals surface area contributed by atoms with Crippen molar-refractivity contribution in [1.29, 1.82) is 0 Å². The summed E-state index contributed by atoms with van der Waals surface area (Å²) in [7, 11) is 0. The molecule has 0 saturated carbocycles. The number of benzene rings is 2. The molecule has 2 aromatic rings. The molecule has 0 saturated heterocycles. The van der Waals surface area contributed by atoms with Crippen LogP contribution in [0.2, 0.25) is 0 Å². The first-order chi connectivity index (χ1) is 10.1. The van der Waals surface area contributed by atoms with E-state index in [-0.39, 0.29) is 24.3 Å². The number of anilines is 1. The Morgan fingerprint density at radius 1 is 1.19 bits per heavy atom. The average Bonchev–Trinajstić information content (AvgIpc) is 2.51. The second-order valence-electron chi connectivity index (χ2n) is 4.89. The lowest BCUT2D eigenvalue weighted by molar-refractivity contribution is -0.148. The molecule has 0 aliphatic carbocycles. The highest BCUT2D eigenvalue weighted by molar-refractivity contribution is 5.72. The van der Waals surface area contributed by atoms with Crippen LogP contribution in [0, 0.1) is 11.7 Å². The van der Waals surface area contributed by atoms with Gasteiger partial charge in [0, 0.05) is 12.2 Å². The molecule has 3 nitrogen and oxygen atoms in total. The fourth-order valence-corrected chi connectivity index (χ4v) is 1.82. The van der Waals surface area contributed by atoms with E-state index in [9.17, 15) is 9.18 Å². The van der Waals surface area contributed by atoms with Gasteiger partial charge in [0.05, 0.1) is 5.92 Å².